The molecule has 1 aliphatic carbocycles. The quantitative estimate of drug-likeness (QED) is 0.872. The van der Waals surface area contributed by atoms with Crippen molar-refractivity contribution in [2.45, 2.75) is 63.9 Å². The van der Waals surface area contributed by atoms with Crippen molar-refractivity contribution in [3.63, 3.8) is 0 Å². The maximum absolute atomic E-state index is 12.8. The van der Waals surface area contributed by atoms with Gasteiger partial charge in [0.1, 0.15) is 4.90 Å². The van der Waals surface area contributed by atoms with Crippen molar-refractivity contribution in [2.75, 3.05) is 7.05 Å². The van der Waals surface area contributed by atoms with E-state index in [4.69, 9.17) is 0 Å². The van der Waals surface area contributed by atoms with Crippen molar-refractivity contribution in [1.29, 1.82) is 0 Å². The molecule has 4 nitrogen and oxygen atoms in total. The van der Waals surface area contributed by atoms with Crippen molar-refractivity contribution in [1.82, 2.24) is 10.0 Å². The summed E-state index contributed by atoms with van der Waals surface area (Å²) < 4.78 is 28.5. The van der Waals surface area contributed by atoms with E-state index in [1.54, 1.807) is 0 Å². The summed E-state index contributed by atoms with van der Waals surface area (Å²) >= 11 is 1.51. The molecule has 2 rings (SSSR count). The van der Waals surface area contributed by atoms with Gasteiger partial charge in [0.05, 0.1) is 0 Å². The van der Waals surface area contributed by atoms with E-state index in [0.29, 0.717) is 11.4 Å². The Morgan fingerprint density at radius 2 is 2.14 bits per heavy atom. The standard InChI is InChI=1S/C15H26N2O2S2/c1-11-10-20-13(9-16-4)14(11)21(18,19)17-12-6-5-7-15(2,3)8-12/h10,12,16-17H,5-9H2,1-4H3. The summed E-state index contributed by atoms with van der Waals surface area (Å²) in [5, 5.41) is 4.97. The van der Waals surface area contributed by atoms with E-state index in [1.165, 1.54) is 17.8 Å². The topological polar surface area (TPSA) is 58.2 Å². The summed E-state index contributed by atoms with van der Waals surface area (Å²) in [6.07, 6.45) is 4.11. The lowest BCUT2D eigenvalue weighted by Crippen LogP contribution is -2.41. The Labute approximate surface area is 132 Å². The first-order chi connectivity index (χ1) is 9.75. The smallest absolute Gasteiger partial charge is 0.242 e. The van der Waals surface area contributed by atoms with Crippen LogP contribution in [0.3, 0.4) is 0 Å². The molecule has 0 amide bonds. The van der Waals surface area contributed by atoms with Crippen LogP contribution in [0.25, 0.3) is 0 Å². The fraction of sp³-hybridized carbons (Fsp3) is 0.733. The molecule has 0 saturated heterocycles. The van der Waals surface area contributed by atoms with Gasteiger partial charge in [-0.2, -0.15) is 0 Å². The molecule has 0 spiro atoms. The third-order valence-electron chi connectivity index (χ3n) is 4.12. The minimum Gasteiger partial charge on any atom is -0.315 e. The molecule has 0 aliphatic heterocycles. The zero-order valence-corrected chi connectivity index (χ0v) is 15.0. The molecule has 1 unspecified atom stereocenters. The van der Waals surface area contributed by atoms with Gasteiger partial charge in [-0.05, 0) is 49.6 Å². The maximum atomic E-state index is 12.8. The lowest BCUT2D eigenvalue weighted by Gasteiger charge is -2.35. The summed E-state index contributed by atoms with van der Waals surface area (Å²) in [7, 11) is -1.59. The highest BCUT2D eigenvalue weighted by molar-refractivity contribution is 7.89. The van der Waals surface area contributed by atoms with Gasteiger partial charge in [0.15, 0.2) is 0 Å². The van der Waals surface area contributed by atoms with Crippen LogP contribution in [-0.4, -0.2) is 21.5 Å². The second kappa shape index (κ2) is 6.36. The largest absolute Gasteiger partial charge is 0.315 e. The van der Waals surface area contributed by atoms with Crippen LogP contribution in [0, 0.1) is 12.3 Å². The van der Waals surface area contributed by atoms with E-state index in [0.717, 1.165) is 29.7 Å². The summed E-state index contributed by atoms with van der Waals surface area (Å²) in [6, 6.07) is 0.0560. The molecule has 2 N–H and O–H groups in total. The number of nitrogens with one attached hydrogen (secondary N) is 2. The summed E-state index contributed by atoms with van der Waals surface area (Å²) in [6.45, 7) is 6.89. The Bertz CT molecular complexity index is 591. The van der Waals surface area contributed by atoms with Gasteiger partial charge < -0.3 is 5.32 Å². The second-order valence-electron chi connectivity index (χ2n) is 6.78. The average molecular weight is 331 g/mol. The Hall–Kier alpha value is -0.430. The molecule has 21 heavy (non-hydrogen) atoms. The van der Waals surface area contributed by atoms with Gasteiger partial charge in [-0.1, -0.05) is 20.3 Å². The number of hydrogen-bond donors (Lipinski definition) is 2. The van der Waals surface area contributed by atoms with E-state index >= 15 is 0 Å². The first kappa shape index (κ1) is 16.9. The molecular formula is C15H26N2O2S2. The van der Waals surface area contributed by atoms with Crippen LogP contribution in [0.15, 0.2) is 10.3 Å². The average Bonchev–Trinajstić information content (AvgIpc) is 2.69. The van der Waals surface area contributed by atoms with Gasteiger partial charge in [0.2, 0.25) is 10.0 Å². The van der Waals surface area contributed by atoms with Crippen LogP contribution in [0.5, 0.6) is 0 Å². The lowest BCUT2D eigenvalue weighted by molar-refractivity contribution is 0.212. The number of hydrogen-bond acceptors (Lipinski definition) is 4. The van der Waals surface area contributed by atoms with E-state index in [1.807, 2.05) is 19.4 Å². The zero-order valence-electron chi connectivity index (χ0n) is 13.3. The molecule has 1 aliphatic rings. The maximum Gasteiger partial charge on any atom is 0.242 e. The number of rotatable bonds is 5. The van der Waals surface area contributed by atoms with Crippen molar-refractivity contribution in [3.05, 3.63) is 15.8 Å². The Morgan fingerprint density at radius 1 is 1.43 bits per heavy atom. The number of aryl methyl sites for hydroxylation is 1. The van der Waals surface area contributed by atoms with E-state index in [-0.39, 0.29) is 11.5 Å². The minimum absolute atomic E-state index is 0.0560. The van der Waals surface area contributed by atoms with Crippen LogP contribution in [0.2, 0.25) is 0 Å². The third-order valence-corrected chi connectivity index (χ3v) is 7.11. The van der Waals surface area contributed by atoms with Gasteiger partial charge in [-0.15, -0.1) is 11.3 Å². The van der Waals surface area contributed by atoms with E-state index < -0.39 is 10.0 Å². The van der Waals surface area contributed by atoms with Crippen LogP contribution < -0.4 is 10.0 Å². The lowest BCUT2D eigenvalue weighted by atomic mass is 9.75. The van der Waals surface area contributed by atoms with Crippen molar-refractivity contribution >= 4 is 21.4 Å². The third kappa shape index (κ3) is 4.06. The first-order valence-corrected chi connectivity index (χ1v) is 9.85. The zero-order chi connectivity index (χ0) is 15.7. The number of thiophene rings is 1. The second-order valence-corrected chi connectivity index (χ2v) is 9.40. The minimum atomic E-state index is -3.43. The molecule has 6 heteroatoms. The summed E-state index contributed by atoms with van der Waals surface area (Å²) in [4.78, 5) is 1.36. The molecule has 1 atom stereocenters. The highest BCUT2D eigenvalue weighted by Crippen LogP contribution is 2.36. The fourth-order valence-electron chi connectivity index (χ4n) is 3.21. The molecule has 1 fully saturated rings. The fourth-order valence-corrected chi connectivity index (χ4v) is 6.30. The monoisotopic (exact) mass is 330 g/mol. The molecule has 120 valence electrons. The van der Waals surface area contributed by atoms with Crippen LogP contribution in [0.1, 0.15) is 50.0 Å². The van der Waals surface area contributed by atoms with Gasteiger partial charge in [0, 0.05) is 17.5 Å². The Morgan fingerprint density at radius 3 is 2.76 bits per heavy atom. The molecule has 0 aromatic carbocycles. The normalized spacial score (nSPS) is 22.4. The highest BCUT2D eigenvalue weighted by atomic mass is 32.2. The van der Waals surface area contributed by atoms with Gasteiger partial charge in [0.25, 0.3) is 0 Å². The van der Waals surface area contributed by atoms with Gasteiger partial charge in [-0.25, -0.2) is 13.1 Å². The molecule has 1 heterocycles. The summed E-state index contributed by atoms with van der Waals surface area (Å²) in [5.74, 6) is 0. The SMILES string of the molecule is CNCc1scc(C)c1S(=O)(=O)NC1CCCC(C)(C)C1. The van der Waals surface area contributed by atoms with Gasteiger partial charge >= 0.3 is 0 Å². The van der Waals surface area contributed by atoms with Crippen molar-refractivity contribution in [3.8, 4) is 0 Å². The Kier molecular flexibility index (Phi) is 5.13. The predicted molar refractivity (Wildman–Crippen MR) is 88.2 cm³/mol. The molecule has 1 aromatic rings. The van der Waals surface area contributed by atoms with Crippen molar-refractivity contribution < 1.29 is 8.42 Å². The first-order valence-electron chi connectivity index (χ1n) is 7.49. The van der Waals surface area contributed by atoms with Crippen LogP contribution in [0.4, 0.5) is 0 Å². The molecule has 1 saturated carbocycles. The van der Waals surface area contributed by atoms with E-state index in [2.05, 4.69) is 23.9 Å². The highest BCUT2D eigenvalue weighted by Gasteiger charge is 2.32. The predicted octanol–water partition coefficient (Wildman–Crippen LogP) is 3.02. The van der Waals surface area contributed by atoms with Crippen LogP contribution >= 0.6 is 11.3 Å². The Balaban J connectivity index is 2.21. The molecule has 0 bridgehead atoms. The summed E-state index contributed by atoms with van der Waals surface area (Å²) in [5.41, 5.74) is 1.07. The van der Waals surface area contributed by atoms with Crippen molar-refractivity contribution in [2.24, 2.45) is 5.41 Å². The number of sulfonamides is 1. The molecular weight excluding hydrogens is 304 g/mol. The van der Waals surface area contributed by atoms with Gasteiger partial charge in [-0.3, -0.25) is 0 Å². The van der Waals surface area contributed by atoms with E-state index in [9.17, 15) is 8.42 Å². The van der Waals surface area contributed by atoms with Crippen LogP contribution in [-0.2, 0) is 16.6 Å². The molecule has 0 radical (unpaired) electrons. The molecule has 1 aromatic heterocycles.